The SMILES string of the molecule is CN(C)[C@H]1C[C@@H](C(=O)O)N(C)C1. The third-order valence-electron chi connectivity index (χ3n) is 2.54. The summed E-state index contributed by atoms with van der Waals surface area (Å²) in [5.74, 6) is -0.707. The molecular weight excluding hydrogens is 156 g/mol. The minimum atomic E-state index is -0.707. The summed E-state index contributed by atoms with van der Waals surface area (Å²) in [6.45, 7) is 0.851. The Labute approximate surface area is 72.8 Å². The van der Waals surface area contributed by atoms with Crippen LogP contribution in [0, 0.1) is 0 Å². The van der Waals surface area contributed by atoms with Crippen LogP contribution in [0.4, 0.5) is 0 Å². The average Bonchev–Trinajstić information content (AvgIpc) is 2.30. The molecule has 0 aromatic carbocycles. The molecule has 0 aromatic rings. The maximum absolute atomic E-state index is 10.7. The van der Waals surface area contributed by atoms with Gasteiger partial charge < -0.3 is 10.0 Å². The fraction of sp³-hybridized carbons (Fsp3) is 0.875. The van der Waals surface area contributed by atoms with Crippen LogP contribution in [0.25, 0.3) is 0 Å². The third kappa shape index (κ3) is 1.76. The van der Waals surface area contributed by atoms with Gasteiger partial charge in [0, 0.05) is 12.6 Å². The van der Waals surface area contributed by atoms with Gasteiger partial charge in [-0.1, -0.05) is 0 Å². The molecule has 1 aliphatic rings. The average molecular weight is 172 g/mol. The fourth-order valence-electron chi connectivity index (χ4n) is 1.64. The van der Waals surface area contributed by atoms with E-state index in [4.69, 9.17) is 5.11 Å². The first-order valence-corrected chi connectivity index (χ1v) is 4.12. The summed E-state index contributed by atoms with van der Waals surface area (Å²) in [5, 5.41) is 8.82. The number of likely N-dealkylation sites (tertiary alicyclic amines) is 1. The number of hydrogen-bond acceptors (Lipinski definition) is 3. The van der Waals surface area contributed by atoms with Crippen molar-refractivity contribution >= 4 is 5.97 Å². The zero-order valence-corrected chi connectivity index (χ0v) is 7.82. The topological polar surface area (TPSA) is 43.8 Å². The van der Waals surface area contributed by atoms with Crippen molar-refractivity contribution < 1.29 is 9.90 Å². The van der Waals surface area contributed by atoms with Crippen molar-refractivity contribution in [3.63, 3.8) is 0 Å². The lowest BCUT2D eigenvalue weighted by Gasteiger charge is -2.17. The Bertz CT molecular complexity index is 182. The number of hydrogen-bond donors (Lipinski definition) is 1. The number of nitrogens with zero attached hydrogens (tertiary/aromatic N) is 2. The van der Waals surface area contributed by atoms with Gasteiger partial charge in [0.2, 0.25) is 0 Å². The van der Waals surface area contributed by atoms with Crippen molar-refractivity contribution in [2.24, 2.45) is 0 Å². The minimum Gasteiger partial charge on any atom is -0.480 e. The predicted molar refractivity (Wildman–Crippen MR) is 46.1 cm³/mol. The molecule has 4 nitrogen and oxygen atoms in total. The van der Waals surface area contributed by atoms with Crippen molar-refractivity contribution in [3.8, 4) is 0 Å². The smallest absolute Gasteiger partial charge is 0.320 e. The van der Waals surface area contributed by atoms with Gasteiger partial charge in [-0.3, -0.25) is 9.69 Å². The van der Waals surface area contributed by atoms with Crippen LogP contribution in [0.3, 0.4) is 0 Å². The van der Waals surface area contributed by atoms with Gasteiger partial charge in [-0.25, -0.2) is 0 Å². The predicted octanol–water partition coefficient (Wildman–Crippen LogP) is -0.295. The first-order valence-electron chi connectivity index (χ1n) is 4.12. The highest BCUT2D eigenvalue weighted by atomic mass is 16.4. The molecule has 0 bridgehead atoms. The molecule has 70 valence electrons. The second kappa shape index (κ2) is 3.41. The molecule has 4 heteroatoms. The lowest BCUT2D eigenvalue weighted by Crippen LogP contribution is -2.32. The fourth-order valence-corrected chi connectivity index (χ4v) is 1.64. The molecule has 0 aliphatic carbocycles. The Morgan fingerprint density at radius 3 is 2.42 bits per heavy atom. The molecular formula is C8H16N2O2. The zero-order chi connectivity index (χ0) is 9.30. The van der Waals surface area contributed by atoms with Gasteiger partial charge >= 0.3 is 5.97 Å². The number of carbonyl (C=O) groups is 1. The molecule has 2 atom stereocenters. The number of aliphatic carboxylic acids is 1. The van der Waals surface area contributed by atoms with Crippen molar-refractivity contribution in [3.05, 3.63) is 0 Å². The van der Waals surface area contributed by atoms with Gasteiger partial charge in [0.05, 0.1) is 0 Å². The van der Waals surface area contributed by atoms with Gasteiger partial charge in [-0.2, -0.15) is 0 Å². The van der Waals surface area contributed by atoms with Crippen molar-refractivity contribution in [2.75, 3.05) is 27.7 Å². The summed E-state index contributed by atoms with van der Waals surface area (Å²) < 4.78 is 0. The highest BCUT2D eigenvalue weighted by molar-refractivity contribution is 5.73. The van der Waals surface area contributed by atoms with Gasteiger partial charge in [0.1, 0.15) is 6.04 Å². The molecule has 0 unspecified atom stereocenters. The van der Waals surface area contributed by atoms with Crippen molar-refractivity contribution in [2.45, 2.75) is 18.5 Å². The van der Waals surface area contributed by atoms with Crippen LogP contribution in [0.15, 0.2) is 0 Å². The largest absolute Gasteiger partial charge is 0.480 e. The van der Waals surface area contributed by atoms with E-state index in [0.717, 1.165) is 13.0 Å². The highest BCUT2D eigenvalue weighted by Gasteiger charge is 2.34. The molecule has 0 saturated carbocycles. The molecule has 1 aliphatic heterocycles. The van der Waals surface area contributed by atoms with Crippen LogP contribution in [-0.2, 0) is 4.79 Å². The second-order valence-corrected chi connectivity index (χ2v) is 3.65. The standard InChI is InChI=1S/C8H16N2O2/c1-9(2)6-4-7(8(11)12)10(3)5-6/h6-7H,4-5H2,1-3H3,(H,11,12)/t6-,7-/m0/s1. The van der Waals surface area contributed by atoms with Crippen LogP contribution in [-0.4, -0.2) is 60.6 Å². The maximum Gasteiger partial charge on any atom is 0.320 e. The van der Waals surface area contributed by atoms with E-state index in [0.29, 0.717) is 6.04 Å². The Morgan fingerprint density at radius 2 is 2.17 bits per heavy atom. The number of likely N-dealkylation sites (N-methyl/N-ethyl adjacent to an activating group) is 2. The van der Waals surface area contributed by atoms with Crippen LogP contribution in [0.2, 0.25) is 0 Å². The lowest BCUT2D eigenvalue weighted by molar-refractivity contribution is -0.141. The van der Waals surface area contributed by atoms with Gasteiger partial charge in [-0.15, -0.1) is 0 Å². The summed E-state index contributed by atoms with van der Waals surface area (Å²) in [7, 11) is 5.84. The van der Waals surface area contributed by atoms with Crippen molar-refractivity contribution in [1.82, 2.24) is 9.80 Å². The number of carboxylic acid groups (broad SMARTS) is 1. The second-order valence-electron chi connectivity index (χ2n) is 3.65. The van der Waals surface area contributed by atoms with E-state index < -0.39 is 5.97 Å². The Kier molecular flexibility index (Phi) is 2.69. The van der Waals surface area contributed by atoms with Crippen LogP contribution < -0.4 is 0 Å². The summed E-state index contributed by atoms with van der Waals surface area (Å²) in [6, 6.07) is 0.0912. The lowest BCUT2D eigenvalue weighted by atomic mass is 10.1. The molecule has 12 heavy (non-hydrogen) atoms. The van der Waals surface area contributed by atoms with E-state index in [1.54, 1.807) is 0 Å². The molecule has 1 saturated heterocycles. The van der Waals surface area contributed by atoms with E-state index in [-0.39, 0.29) is 6.04 Å². The normalized spacial score (nSPS) is 31.3. The minimum absolute atomic E-state index is 0.294. The quantitative estimate of drug-likeness (QED) is 0.621. The molecule has 1 N–H and O–H groups in total. The molecule has 0 amide bonds. The van der Waals surface area contributed by atoms with Gasteiger partial charge in [0.15, 0.2) is 0 Å². The zero-order valence-electron chi connectivity index (χ0n) is 7.82. The molecule has 1 heterocycles. The van der Waals surface area contributed by atoms with Gasteiger partial charge in [-0.05, 0) is 27.6 Å². The monoisotopic (exact) mass is 172 g/mol. The van der Waals surface area contributed by atoms with Crippen molar-refractivity contribution in [1.29, 1.82) is 0 Å². The molecule has 0 aromatic heterocycles. The number of rotatable bonds is 2. The maximum atomic E-state index is 10.7. The van der Waals surface area contributed by atoms with Gasteiger partial charge in [0.25, 0.3) is 0 Å². The van der Waals surface area contributed by atoms with Crippen LogP contribution >= 0.6 is 0 Å². The molecule has 0 radical (unpaired) electrons. The number of carboxylic acids is 1. The first kappa shape index (κ1) is 9.48. The van der Waals surface area contributed by atoms with Crippen LogP contribution in [0.5, 0.6) is 0 Å². The molecule has 1 fully saturated rings. The summed E-state index contributed by atoms with van der Waals surface area (Å²) in [6.07, 6.45) is 0.735. The Hall–Kier alpha value is -0.610. The highest BCUT2D eigenvalue weighted by Crippen LogP contribution is 2.18. The first-order chi connectivity index (χ1) is 5.52. The summed E-state index contributed by atoms with van der Waals surface area (Å²) >= 11 is 0. The third-order valence-corrected chi connectivity index (χ3v) is 2.54. The Balaban J connectivity index is 2.56. The molecule has 1 rings (SSSR count). The van der Waals surface area contributed by atoms with E-state index in [2.05, 4.69) is 4.90 Å². The van der Waals surface area contributed by atoms with E-state index in [1.165, 1.54) is 0 Å². The summed E-state index contributed by atoms with van der Waals surface area (Å²) in [4.78, 5) is 14.7. The van der Waals surface area contributed by atoms with E-state index in [1.807, 2.05) is 26.0 Å². The van der Waals surface area contributed by atoms with Crippen LogP contribution in [0.1, 0.15) is 6.42 Å². The summed E-state index contributed by atoms with van der Waals surface area (Å²) in [5.41, 5.74) is 0. The Morgan fingerprint density at radius 1 is 1.58 bits per heavy atom. The van der Waals surface area contributed by atoms with E-state index >= 15 is 0 Å². The molecule has 0 spiro atoms. The van der Waals surface area contributed by atoms with E-state index in [9.17, 15) is 4.79 Å².